The van der Waals surface area contributed by atoms with Gasteiger partial charge in [0.15, 0.2) is 18.9 Å². The molecule has 3 aliphatic heterocycles. The Hall–Kier alpha value is -2.36. The highest BCUT2D eigenvalue weighted by Gasteiger charge is 2.76. The van der Waals surface area contributed by atoms with E-state index in [-0.39, 0.29) is 30.0 Å². The Labute approximate surface area is 401 Å². The van der Waals surface area contributed by atoms with Gasteiger partial charge in [0, 0.05) is 52.4 Å². The summed E-state index contributed by atoms with van der Waals surface area (Å²) in [6.45, 7) is 12.8. The van der Waals surface area contributed by atoms with Gasteiger partial charge >= 0.3 is 11.9 Å². The number of methoxy groups -OCH3 is 3. The van der Waals surface area contributed by atoms with Crippen LogP contribution in [-0.4, -0.2) is 164 Å². The fourth-order valence-electron chi connectivity index (χ4n) is 14.4. The largest absolute Gasteiger partial charge is 0.458 e. The number of hydrogen-bond acceptors (Lipinski definition) is 17. The molecular formula is C51H78O17. The molecule has 4 saturated carbocycles. The van der Waals surface area contributed by atoms with Crippen molar-refractivity contribution in [1.82, 2.24) is 0 Å². The zero-order chi connectivity index (χ0) is 49.0. The van der Waals surface area contributed by atoms with Gasteiger partial charge in [-0.15, -0.1) is 0 Å². The van der Waals surface area contributed by atoms with E-state index in [4.69, 9.17) is 52.1 Å². The minimum atomic E-state index is -1.29. The molecule has 17 nitrogen and oxygen atoms in total. The molecule has 7 aliphatic rings. The van der Waals surface area contributed by atoms with E-state index >= 15 is 0 Å². The first-order chi connectivity index (χ1) is 32.3. The van der Waals surface area contributed by atoms with Crippen LogP contribution < -0.4 is 0 Å². The van der Waals surface area contributed by atoms with Gasteiger partial charge < -0.3 is 72.5 Å². The summed E-state index contributed by atoms with van der Waals surface area (Å²) >= 11 is 0. The number of rotatable bonds is 13. The minimum Gasteiger partial charge on any atom is -0.458 e. The number of fused-ring (bicyclic) bond motifs is 5. The molecule has 8 rings (SSSR count). The first-order valence-corrected chi connectivity index (χ1v) is 25.0. The standard InChI is InChI=1S/C51H78O17/c1-25(52)33-19-21-51(57)34-17-16-31-22-32(18-20-49(31,6)39(34)44(64-29(5)53)46(50(33,51)7)68-47(56)30-14-12-11-13-15-30)65-37-23-35(58-8)42(27(3)61-37)66-38-24-36(59-9)43(28(4)62-38)67-48-41(55)45(60-10)40(54)26(2)63-48/h11-15,25-28,31-46,48,52,54-55,57H,16-24H2,1-10H3. The molecule has 68 heavy (non-hydrogen) atoms. The van der Waals surface area contributed by atoms with Crippen molar-refractivity contribution < 1.29 is 82.1 Å². The molecule has 0 aromatic heterocycles. The molecule has 1 aromatic rings. The highest BCUT2D eigenvalue weighted by molar-refractivity contribution is 5.89. The molecule has 24 atom stereocenters. The van der Waals surface area contributed by atoms with Crippen molar-refractivity contribution in [3.8, 4) is 0 Å². The average molecular weight is 963 g/mol. The normalized spacial score (nSPS) is 48.6. The maximum absolute atomic E-state index is 14.0. The molecule has 3 saturated heterocycles. The summed E-state index contributed by atoms with van der Waals surface area (Å²) < 4.78 is 68.6. The lowest BCUT2D eigenvalue weighted by atomic mass is 9.41. The summed E-state index contributed by atoms with van der Waals surface area (Å²) in [5.41, 5.74) is -2.43. The van der Waals surface area contributed by atoms with Crippen LogP contribution in [0.25, 0.3) is 0 Å². The van der Waals surface area contributed by atoms with Gasteiger partial charge in [-0.1, -0.05) is 32.0 Å². The molecule has 384 valence electrons. The Morgan fingerprint density at radius 1 is 0.721 bits per heavy atom. The Bertz CT molecular complexity index is 1870. The number of aliphatic hydroxyl groups is 4. The van der Waals surface area contributed by atoms with Gasteiger partial charge in [0.05, 0.1) is 53.9 Å². The molecular weight excluding hydrogens is 885 g/mol. The number of ether oxygens (including phenoxy) is 11. The highest BCUT2D eigenvalue weighted by Crippen LogP contribution is 2.70. The Morgan fingerprint density at radius 2 is 1.35 bits per heavy atom. The van der Waals surface area contributed by atoms with Crippen molar-refractivity contribution in [3.63, 3.8) is 0 Å². The number of carbonyl (C=O) groups is 2. The first kappa shape index (κ1) is 52.0. The quantitative estimate of drug-likeness (QED) is 0.159. The minimum absolute atomic E-state index is 0.139. The van der Waals surface area contributed by atoms with Crippen LogP contribution in [0.1, 0.15) is 117 Å². The van der Waals surface area contributed by atoms with E-state index in [1.54, 1.807) is 52.3 Å². The van der Waals surface area contributed by atoms with Crippen molar-refractivity contribution in [2.75, 3.05) is 21.3 Å². The summed E-state index contributed by atoms with van der Waals surface area (Å²) in [6.07, 6.45) is -6.50. The van der Waals surface area contributed by atoms with Crippen LogP contribution >= 0.6 is 0 Å². The molecule has 0 amide bonds. The number of aliphatic hydroxyl groups excluding tert-OH is 3. The lowest BCUT2D eigenvalue weighted by molar-refractivity contribution is -0.352. The molecule has 4 aliphatic carbocycles. The van der Waals surface area contributed by atoms with Gasteiger partial charge in [-0.25, -0.2) is 4.79 Å². The number of carbonyl (C=O) groups excluding carboxylic acids is 2. The topological polar surface area (TPSA) is 217 Å². The third-order valence-corrected chi connectivity index (χ3v) is 17.9. The molecule has 17 heteroatoms. The third-order valence-electron chi connectivity index (χ3n) is 17.9. The van der Waals surface area contributed by atoms with E-state index in [0.717, 1.165) is 19.3 Å². The van der Waals surface area contributed by atoms with Gasteiger partial charge in [0.25, 0.3) is 0 Å². The molecule has 0 spiro atoms. The zero-order valence-electron chi connectivity index (χ0n) is 41.5. The lowest BCUT2D eigenvalue weighted by Gasteiger charge is -2.67. The second-order valence-corrected chi connectivity index (χ2v) is 21.5. The predicted octanol–water partition coefficient (Wildman–Crippen LogP) is 4.46. The van der Waals surface area contributed by atoms with E-state index < -0.39 is 126 Å². The zero-order valence-corrected chi connectivity index (χ0v) is 41.5. The fraction of sp³-hybridized carbons (Fsp3) is 0.843. The van der Waals surface area contributed by atoms with Crippen LogP contribution in [0.5, 0.6) is 0 Å². The fourth-order valence-corrected chi connectivity index (χ4v) is 14.4. The van der Waals surface area contributed by atoms with Gasteiger partial charge in [-0.2, -0.15) is 0 Å². The number of hydrogen-bond donors (Lipinski definition) is 4. The van der Waals surface area contributed by atoms with E-state index in [1.807, 2.05) is 26.8 Å². The van der Waals surface area contributed by atoms with E-state index in [9.17, 15) is 30.0 Å². The third kappa shape index (κ3) is 9.33. The van der Waals surface area contributed by atoms with Gasteiger partial charge in [0.1, 0.15) is 42.7 Å². The van der Waals surface area contributed by atoms with Gasteiger partial charge in [0.2, 0.25) is 0 Å². The summed E-state index contributed by atoms with van der Waals surface area (Å²) in [6, 6.07) is 8.72. The Morgan fingerprint density at radius 3 is 1.96 bits per heavy atom. The molecule has 4 N–H and O–H groups in total. The van der Waals surface area contributed by atoms with Crippen LogP contribution in [0.3, 0.4) is 0 Å². The van der Waals surface area contributed by atoms with Crippen molar-refractivity contribution in [1.29, 1.82) is 0 Å². The number of esters is 2. The summed E-state index contributed by atoms with van der Waals surface area (Å²) in [4.78, 5) is 27.1. The Balaban J connectivity index is 0.935. The monoisotopic (exact) mass is 963 g/mol. The summed E-state index contributed by atoms with van der Waals surface area (Å²) in [7, 11) is 4.65. The van der Waals surface area contributed by atoms with Crippen molar-refractivity contribution in [3.05, 3.63) is 35.9 Å². The molecule has 1 aromatic carbocycles. The van der Waals surface area contributed by atoms with Crippen LogP contribution in [0.2, 0.25) is 0 Å². The molecule has 3 heterocycles. The predicted molar refractivity (Wildman–Crippen MR) is 242 cm³/mol. The summed E-state index contributed by atoms with van der Waals surface area (Å²) in [5.74, 6) is -1.90. The average Bonchev–Trinajstić information content (AvgIpc) is 3.59. The second-order valence-electron chi connectivity index (χ2n) is 21.5. The molecule has 0 radical (unpaired) electrons. The molecule has 0 bridgehead atoms. The maximum atomic E-state index is 14.0. The first-order valence-electron chi connectivity index (χ1n) is 25.0. The summed E-state index contributed by atoms with van der Waals surface area (Å²) in [5, 5.41) is 45.8. The van der Waals surface area contributed by atoms with Crippen molar-refractivity contribution in [2.24, 2.45) is 34.5 Å². The lowest BCUT2D eigenvalue weighted by Crippen LogP contribution is -2.73. The van der Waals surface area contributed by atoms with E-state index in [1.165, 1.54) is 14.0 Å². The van der Waals surface area contributed by atoms with E-state index in [0.29, 0.717) is 44.1 Å². The van der Waals surface area contributed by atoms with Crippen LogP contribution in [0.15, 0.2) is 30.3 Å². The smallest absolute Gasteiger partial charge is 0.338 e. The van der Waals surface area contributed by atoms with Crippen molar-refractivity contribution in [2.45, 2.75) is 216 Å². The van der Waals surface area contributed by atoms with E-state index in [2.05, 4.69) is 6.92 Å². The number of benzene rings is 1. The maximum Gasteiger partial charge on any atom is 0.338 e. The van der Waals surface area contributed by atoms with Crippen LogP contribution in [0.4, 0.5) is 0 Å². The second kappa shape index (κ2) is 20.6. The van der Waals surface area contributed by atoms with Gasteiger partial charge in [-0.3, -0.25) is 4.79 Å². The van der Waals surface area contributed by atoms with Gasteiger partial charge in [-0.05, 0) is 108 Å². The van der Waals surface area contributed by atoms with Crippen LogP contribution in [-0.2, 0) is 56.9 Å². The van der Waals surface area contributed by atoms with Crippen molar-refractivity contribution >= 4 is 11.9 Å². The molecule has 7 fully saturated rings. The Kier molecular flexibility index (Phi) is 15.8. The SMILES string of the molecule is COC1CC(OC2CCC3(C)C(CCC4C3C(OC(C)=O)C(OC(=O)c3ccccc3)C3(C)C(C(C)O)CCC43O)C2)OC(C)C1OC1CC(OC)C(OC2OC(C)C(O)C(OC)C2O)C(C)O1. The molecule has 24 unspecified atom stereocenters. The van der Waals surface area contributed by atoms with Crippen LogP contribution in [0, 0.1) is 34.5 Å². The highest BCUT2D eigenvalue weighted by atomic mass is 16.8.